The van der Waals surface area contributed by atoms with Crippen LogP contribution < -0.4 is 15.5 Å². The maximum absolute atomic E-state index is 13.2. The predicted octanol–water partition coefficient (Wildman–Crippen LogP) is 2.05. The third-order valence-electron chi connectivity index (χ3n) is 6.52. The molecule has 0 aromatic heterocycles. The van der Waals surface area contributed by atoms with Gasteiger partial charge in [-0.25, -0.2) is 0 Å². The molecule has 0 spiro atoms. The molecule has 10 nitrogen and oxygen atoms in total. The normalized spacial score (nSPS) is 13.9. The lowest BCUT2D eigenvalue weighted by atomic mass is 10.0. The van der Waals surface area contributed by atoms with Crippen molar-refractivity contribution in [2.75, 3.05) is 37.7 Å². The number of nitrogens with one attached hydrogen (secondary N) is 2. The molecule has 2 aliphatic rings. The van der Waals surface area contributed by atoms with Crippen LogP contribution in [0, 0.1) is 0 Å². The standard InChI is InChI=1S/C30H32N4O6/c35-26(14-18-33-28(37)11-12-29(33)38)32-17-20-40-19-15-27(36)31-16-13-30(39)34-21-24-7-2-1-5-22(24)9-10-23-6-3-4-8-25(23)34/h1-12H,13-21H2,(H,31,36)(H,32,35). The first kappa shape index (κ1) is 28.4. The molecule has 0 atom stereocenters. The first-order chi connectivity index (χ1) is 19.4. The number of ether oxygens (including phenoxy) is 1. The molecule has 0 unspecified atom stereocenters. The number of benzene rings is 2. The van der Waals surface area contributed by atoms with Gasteiger partial charge in [-0.15, -0.1) is 0 Å². The Balaban J connectivity index is 1.12. The lowest BCUT2D eigenvalue weighted by Gasteiger charge is -2.27. The number of carbonyl (C=O) groups excluding carboxylic acids is 5. The number of nitrogens with zero attached hydrogens (tertiary/aromatic N) is 2. The van der Waals surface area contributed by atoms with Crippen LogP contribution in [-0.2, 0) is 35.3 Å². The number of rotatable bonds is 12. The summed E-state index contributed by atoms with van der Waals surface area (Å²) in [5.74, 6) is -1.46. The Bertz CT molecular complexity index is 1320. The Morgan fingerprint density at radius 1 is 0.725 bits per heavy atom. The van der Waals surface area contributed by atoms with E-state index < -0.39 is 11.8 Å². The van der Waals surface area contributed by atoms with E-state index in [1.807, 2.05) is 54.6 Å². The second kappa shape index (κ2) is 14.0. The third kappa shape index (κ3) is 7.73. The molecule has 2 aromatic carbocycles. The molecule has 4 rings (SSSR count). The highest BCUT2D eigenvalue weighted by Crippen LogP contribution is 2.29. The van der Waals surface area contributed by atoms with Crippen LogP contribution in [0.2, 0.25) is 0 Å². The number of carbonyl (C=O) groups is 5. The molecular weight excluding hydrogens is 512 g/mol. The van der Waals surface area contributed by atoms with Crippen molar-refractivity contribution in [2.24, 2.45) is 0 Å². The van der Waals surface area contributed by atoms with E-state index in [0.29, 0.717) is 6.54 Å². The summed E-state index contributed by atoms with van der Waals surface area (Å²) in [4.78, 5) is 63.0. The molecule has 10 heteroatoms. The minimum Gasteiger partial charge on any atom is -0.379 e. The van der Waals surface area contributed by atoms with Crippen molar-refractivity contribution in [3.8, 4) is 0 Å². The Kier molecular flexibility index (Phi) is 9.95. The average molecular weight is 545 g/mol. The second-order valence-electron chi connectivity index (χ2n) is 9.29. The van der Waals surface area contributed by atoms with Crippen LogP contribution in [0.25, 0.3) is 12.2 Å². The van der Waals surface area contributed by atoms with Crippen LogP contribution in [0.15, 0.2) is 60.7 Å². The van der Waals surface area contributed by atoms with E-state index in [0.717, 1.165) is 27.3 Å². The summed E-state index contributed by atoms with van der Waals surface area (Å²) in [6.07, 6.45) is 6.71. The maximum Gasteiger partial charge on any atom is 0.253 e. The average Bonchev–Trinajstić information content (AvgIpc) is 3.27. The van der Waals surface area contributed by atoms with Gasteiger partial charge in [0.15, 0.2) is 0 Å². The fraction of sp³-hybridized carbons (Fsp3) is 0.300. The Hall–Kier alpha value is -4.57. The molecule has 0 aliphatic carbocycles. The highest BCUT2D eigenvalue weighted by Gasteiger charge is 2.23. The molecule has 0 saturated heterocycles. The number of hydrogen-bond donors (Lipinski definition) is 2. The van der Waals surface area contributed by atoms with Crippen LogP contribution in [0.5, 0.6) is 0 Å². The number of amides is 5. The van der Waals surface area contributed by atoms with Crippen molar-refractivity contribution < 1.29 is 28.7 Å². The van der Waals surface area contributed by atoms with Crippen LogP contribution in [0.3, 0.4) is 0 Å². The molecule has 5 amide bonds. The third-order valence-corrected chi connectivity index (χ3v) is 6.52. The predicted molar refractivity (Wildman–Crippen MR) is 150 cm³/mol. The largest absolute Gasteiger partial charge is 0.379 e. The van der Waals surface area contributed by atoms with Crippen LogP contribution in [0.4, 0.5) is 5.69 Å². The van der Waals surface area contributed by atoms with Crippen molar-refractivity contribution in [1.82, 2.24) is 15.5 Å². The van der Waals surface area contributed by atoms with Gasteiger partial charge in [0.1, 0.15) is 0 Å². The van der Waals surface area contributed by atoms with E-state index in [2.05, 4.69) is 16.7 Å². The van der Waals surface area contributed by atoms with Gasteiger partial charge in [-0.3, -0.25) is 28.9 Å². The molecule has 0 bridgehead atoms. The number of para-hydroxylation sites is 1. The van der Waals surface area contributed by atoms with Gasteiger partial charge in [-0.1, -0.05) is 54.6 Å². The van der Waals surface area contributed by atoms with Crippen molar-refractivity contribution in [1.29, 1.82) is 0 Å². The number of hydrogen-bond acceptors (Lipinski definition) is 6. The molecule has 0 fully saturated rings. The van der Waals surface area contributed by atoms with Crippen LogP contribution >= 0.6 is 0 Å². The molecule has 0 radical (unpaired) electrons. The quantitative estimate of drug-likeness (QED) is 0.311. The lowest BCUT2D eigenvalue weighted by molar-refractivity contribution is -0.137. The van der Waals surface area contributed by atoms with Gasteiger partial charge in [-0.05, 0) is 22.8 Å². The first-order valence-corrected chi connectivity index (χ1v) is 13.2. The molecule has 208 valence electrons. The number of imide groups is 1. The number of anilines is 1. The van der Waals surface area contributed by atoms with E-state index in [4.69, 9.17) is 4.74 Å². The van der Waals surface area contributed by atoms with E-state index in [1.54, 1.807) is 4.90 Å². The zero-order valence-electron chi connectivity index (χ0n) is 22.1. The topological polar surface area (TPSA) is 125 Å². The SMILES string of the molecule is O=C(CCOCCNC(=O)CCN1C(=O)C=CC1=O)NCCC(=O)N1Cc2ccccc2C=Cc2ccccc21. The van der Waals surface area contributed by atoms with Gasteiger partial charge in [0.05, 0.1) is 25.4 Å². The van der Waals surface area contributed by atoms with Crippen molar-refractivity contribution in [2.45, 2.75) is 25.8 Å². The molecule has 0 saturated carbocycles. The monoisotopic (exact) mass is 544 g/mol. The van der Waals surface area contributed by atoms with E-state index in [9.17, 15) is 24.0 Å². The Labute approximate surface area is 232 Å². The van der Waals surface area contributed by atoms with Gasteiger partial charge in [0.2, 0.25) is 17.7 Å². The van der Waals surface area contributed by atoms with Gasteiger partial charge in [0, 0.05) is 51.0 Å². The molecule has 2 N–H and O–H groups in total. The summed E-state index contributed by atoms with van der Waals surface area (Å²) >= 11 is 0. The first-order valence-electron chi connectivity index (χ1n) is 13.2. The van der Waals surface area contributed by atoms with Crippen molar-refractivity contribution in [3.05, 3.63) is 77.4 Å². The van der Waals surface area contributed by atoms with E-state index in [-0.39, 0.29) is 69.8 Å². The van der Waals surface area contributed by atoms with Gasteiger partial charge >= 0.3 is 0 Å². The summed E-state index contributed by atoms with van der Waals surface area (Å²) in [5.41, 5.74) is 3.90. The molecule has 40 heavy (non-hydrogen) atoms. The molecule has 2 aliphatic heterocycles. The summed E-state index contributed by atoms with van der Waals surface area (Å²) in [7, 11) is 0. The highest BCUT2D eigenvalue weighted by atomic mass is 16.5. The zero-order chi connectivity index (χ0) is 28.3. The molecule has 2 aromatic rings. The van der Waals surface area contributed by atoms with Crippen molar-refractivity contribution >= 4 is 47.4 Å². The number of fused-ring (bicyclic) bond motifs is 2. The van der Waals surface area contributed by atoms with Gasteiger partial charge < -0.3 is 20.3 Å². The van der Waals surface area contributed by atoms with E-state index >= 15 is 0 Å². The Morgan fingerprint density at radius 3 is 2.17 bits per heavy atom. The zero-order valence-corrected chi connectivity index (χ0v) is 22.1. The van der Waals surface area contributed by atoms with Crippen molar-refractivity contribution in [3.63, 3.8) is 0 Å². The minimum absolute atomic E-state index is 0.00646. The molecule has 2 heterocycles. The summed E-state index contributed by atoms with van der Waals surface area (Å²) in [6, 6.07) is 15.7. The highest BCUT2D eigenvalue weighted by molar-refractivity contribution is 6.13. The minimum atomic E-state index is -0.422. The fourth-order valence-corrected chi connectivity index (χ4v) is 4.39. The van der Waals surface area contributed by atoms with E-state index in [1.165, 1.54) is 12.2 Å². The van der Waals surface area contributed by atoms with Gasteiger partial charge in [-0.2, -0.15) is 0 Å². The maximum atomic E-state index is 13.2. The van der Waals surface area contributed by atoms with Crippen LogP contribution in [-0.4, -0.2) is 67.3 Å². The molecular formula is C30H32N4O6. The lowest BCUT2D eigenvalue weighted by Crippen LogP contribution is -2.36. The Morgan fingerprint density at radius 2 is 1.38 bits per heavy atom. The summed E-state index contributed by atoms with van der Waals surface area (Å²) in [5, 5.41) is 5.41. The van der Waals surface area contributed by atoms with Crippen LogP contribution in [0.1, 0.15) is 36.0 Å². The fourth-order valence-electron chi connectivity index (χ4n) is 4.39. The summed E-state index contributed by atoms with van der Waals surface area (Å²) < 4.78 is 5.40. The second-order valence-corrected chi connectivity index (χ2v) is 9.29. The van der Waals surface area contributed by atoms with Gasteiger partial charge in [0.25, 0.3) is 11.8 Å². The summed E-state index contributed by atoms with van der Waals surface area (Å²) in [6.45, 7) is 1.30. The smallest absolute Gasteiger partial charge is 0.253 e.